The Hall–Kier alpha value is -3.78. The Balaban J connectivity index is 1.38. The normalized spacial score (nSPS) is 13.5. The van der Waals surface area contributed by atoms with Crippen molar-refractivity contribution in [2.45, 2.75) is 32.7 Å². The second-order valence-electron chi connectivity index (χ2n) is 7.77. The molecule has 0 atom stereocenters. The second-order valence-corrected chi connectivity index (χ2v) is 7.77. The number of pyridine rings is 1. The summed E-state index contributed by atoms with van der Waals surface area (Å²) in [5.74, 6) is 0.0345. The monoisotopic (exact) mass is 430 g/mol. The molecule has 4 aromatic rings. The van der Waals surface area contributed by atoms with E-state index in [0.29, 0.717) is 35.1 Å². The number of aryl methyl sites for hydroxylation is 2. The molecule has 0 N–H and O–H groups in total. The smallest absolute Gasteiger partial charge is 0.285 e. The first-order valence-electron chi connectivity index (χ1n) is 10.7. The highest BCUT2D eigenvalue weighted by Crippen LogP contribution is 2.26. The van der Waals surface area contributed by atoms with Crippen LogP contribution in [0.25, 0.3) is 21.9 Å². The average molecular weight is 430 g/mol. The summed E-state index contributed by atoms with van der Waals surface area (Å²) in [7, 11) is 0. The van der Waals surface area contributed by atoms with E-state index < -0.39 is 11.8 Å². The van der Waals surface area contributed by atoms with Crippen LogP contribution in [0.4, 0.5) is 0 Å². The third kappa shape index (κ3) is 3.20. The van der Waals surface area contributed by atoms with Gasteiger partial charge in [-0.2, -0.15) is 4.73 Å². The predicted molar refractivity (Wildman–Crippen MR) is 118 cm³/mol. The van der Waals surface area contributed by atoms with E-state index in [4.69, 9.17) is 9.82 Å². The lowest BCUT2D eigenvalue weighted by molar-refractivity contribution is -0.575. The Morgan fingerprint density at radius 1 is 1.03 bits per heavy atom. The van der Waals surface area contributed by atoms with E-state index in [9.17, 15) is 14.8 Å². The van der Waals surface area contributed by atoms with E-state index in [2.05, 4.69) is 11.5 Å². The maximum absolute atomic E-state index is 12.5. The third-order valence-corrected chi connectivity index (χ3v) is 5.69. The van der Waals surface area contributed by atoms with Crippen LogP contribution >= 0.6 is 0 Å². The molecule has 0 saturated carbocycles. The molecule has 1 aliphatic rings. The molecule has 3 heterocycles. The molecule has 0 unspecified atom stereocenters. The van der Waals surface area contributed by atoms with Gasteiger partial charge in [0.2, 0.25) is 11.7 Å². The highest BCUT2D eigenvalue weighted by Gasteiger charge is 2.36. The molecule has 8 heteroatoms. The molecule has 2 amide bonds. The Morgan fingerprint density at radius 3 is 2.44 bits per heavy atom. The summed E-state index contributed by atoms with van der Waals surface area (Å²) < 4.78 is 2.98. The van der Waals surface area contributed by atoms with Gasteiger partial charge in [-0.15, -0.1) is 5.06 Å². The first-order valence-corrected chi connectivity index (χ1v) is 10.7. The molecule has 2 aromatic heterocycles. The number of benzene rings is 2. The van der Waals surface area contributed by atoms with E-state index in [1.54, 1.807) is 30.3 Å². The van der Waals surface area contributed by atoms with Crippen molar-refractivity contribution in [1.82, 2.24) is 14.6 Å². The zero-order valence-electron chi connectivity index (χ0n) is 17.7. The fourth-order valence-electron chi connectivity index (χ4n) is 4.26. The minimum Gasteiger partial charge on any atom is -0.618 e. The number of carbonyl (C=O) groups is 2. The van der Waals surface area contributed by atoms with Crippen molar-refractivity contribution >= 4 is 33.8 Å². The van der Waals surface area contributed by atoms with Gasteiger partial charge in [0.05, 0.1) is 28.6 Å². The van der Waals surface area contributed by atoms with Crippen molar-refractivity contribution in [3.05, 3.63) is 76.9 Å². The second kappa shape index (κ2) is 8.05. The van der Waals surface area contributed by atoms with Gasteiger partial charge in [0.1, 0.15) is 5.82 Å². The lowest BCUT2D eigenvalue weighted by Gasteiger charge is -2.14. The number of amides is 2. The Morgan fingerprint density at radius 2 is 1.72 bits per heavy atom. The van der Waals surface area contributed by atoms with Crippen molar-refractivity contribution in [3.63, 3.8) is 0 Å². The largest absolute Gasteiger partial charge is 0.618 e. The number of para-hydroxylation sites is 1. The van der Waals surface area contributed by atoms with Gasteiger partial charge in [-0.3, -0.25) is 14.4 Å². The Bertz CT molecular complexity index is 1330. The minimum atomic E-state index is -0.434. The van der Waals surface area contributed by atoms with Gasteiger partial charge in [0, 0.05) is 19.0 Å². The number of aromatic nitrogens is 3. The van der Waals surface area contributed by atoms with E-state index in [0.717, 1.165) is 39.4 Å². The average Bonchev–Trinajstić information content (AvgIpc) is 3.27. The zero-order chi connectivity index (χ0) is 22.2. The minimum absolute atomic E-state index is 0.197. The number of imide groups is 1. The summed E-state index contributed by atoms with van der Waals surface area (Å²) in [6, 6.07) is 14.2. The number of fused-ring (bicyclic) bond motifs is 4. The van der Waals surface area contributed by atoms with Gasteiger partial charge in [0.15, 0.2) is 5.52 Å². The van der Waals surface area contributed by atoms with Crippen LogP contribution in [0.5, 0.6) is 0 Å². The predicted octanol–water partition coefficient (Wildman–Crippen LogP) is 3.39. The maximum atomic E-state index is 12.5. The SMILES string of the molecule is CCCc1nc2c[n+]([O-])c3ccccc3c2n1CCCON1C(=O)c2ccccc2C1=O. The van der Waals surface area contributed by atoms with Gasteiger partial charge in [-0.1, -0.05) is 31.2 Å². The number of nitrogens with zero attached hydrogens (tertiary/aromatic N) is 4. The molecule has 2 aromatic carbocycles. The molecule has 0 bridgehead atoms. The molecule has 0 radical (unpaired) electrons. The van der Waals surface area contributed by atoms with Crippen molar-refractivity contribution in [2.24, 2.45) is 0 Å². The van der Waals surface area contributed by atoms with Crippen molar-refractivity contribution in [3.8, 4) is 0 Å². The number of imidazole rings is 1. The molecular formula is C24H22N4O4. The Kier molecular flexibility index (Phi) is 5.07. The van der Waals surface area contributed by atoms with Gasteiger partial charge < -0.3 is 9.77 Å². The quantitative estimate of drug-likeness (QED) is 0.194. The van der Waals surface area contributed by atoms with Gasteiger partial charge in [-0.05, 0) is 31.0 Å². The topological polar surface area (TPSA) is 91.4 Å². The fraction of sp³-hybridized carbons (Fsp3) is 0.250. The molecule has 32 heavy (non-hydrogen) atoms. The van der Waals surface area contributed by atoms with Crippen LogP contribution in [0.1, 0.15) is 46.3 Å². The highest BCUT2D eigenvalue weighted by atomic mass is 16.7. The van der Waals surface area contributed by atoms with Crippen LogP contribution < -0.4 is 4.73 Å². The van der Waals surface area contributed by atoms with Crippen molar-refractivity contribution in [2.75, 3.05) is 6.61 Å². The van der Waals surface area contributed by atoms with Crippen LogP contribution in [-0.2, 0) is 17.8 Å². The molecule has 162 valence electrons. The first kappa shape index (κ1) is 20.1. The van der Waals surface area contributed by atoms with E-state index in [1.165, 1.54) is 6.20 Å². The molecule has 1 aliphatic heterocycles. The van der Waals surface area contributed by atoms with Crippen LogP contribution in [0, 0.1) is 5.21 Å². The summed E-state index contributed by atoms with van der Waals surface area (Å²) in [4.78, 5) is 35.2. The molecule has 0 aliphatic carbocycles. The van der Waals surface area contributed by atoms with Gasteiger partial charge in [-0.25, -0.2) is 4.98 Å². The van der Waals surface area contributed by atoms with Crippen LogP contribution in [0.15, 0.2) is 54.7 Å². The van der Waals surface area contributed by atoms with Crippen LogP contribution in [0.3, 0.4) is 0 Å². The van der Waals surface area contributed by atoms with Gasteiger partial charge >= 0.3 is 0 Å². The zero-order valence-corrected chi connectivity index (χ0v) is 17.7. The summed E-state index contributed by atoms with van der Waals surface area (Å²) >= 11 is 0. The highest BCUT2D eigenvalue weighted by molar-refractivity contribution is 6.20. The van der Waals surface area contributed by atoms with Crippen molar-refractivity contribution in [1.29, 1.82) is 0 Å². The standard InChI is InChI=1S/C24H22N4O4/c1-2-8-21-25-19-15-27(31)20-12-6-5-11-18(20)22(19)26(21)13-7-14-32-28-23(29)16-9-3-4-10-17(16)24(28)30/h3-6,9-12,15H,2,7-8,13-14H2,1H3. The number of carbonyl (C=O) groups excluding carboxylic acids is 2. The summed E-state index contributed by atoms with van der Waals surface area (Å²) in [6.45, 7) is 2.87. The van der Waals surface area contributed by atoms with Crippen LogP contribution in [-0.4, -0.2) is 33.0 Å². The lowest BCUT2D eigenvalue weighted by atomic mass is 10.1. The molecule has 0 spiro atoms. The number of rotatable bonds is 7. The lowest BCUT2D eigenvalue weighted by Crippen LogP contribution is -2.30. The molecular weight excluding hydrogens is 408 g/mol. The number of hydrogen-bond donors (Lipinski definition) is 0. The molecule has 0 fully saturated rings. The summed E-state index contributed by atoms with van der Waals surface area (Å²) in [5.41, 5.74) is 2.88. The fourth-order valence-corrected chi connectivity index (χ4v) is 4.26. The molecule has 0 saturated heterocycles. The molecule has 8 nitrogen and oxygen atoms in total. The number of hydroxylamine groups is 2. The molecule has 5 rings (SSSR count). The van der Waals surface area contributed by atoms with Gasteiger partial charge in [0.25, 0.3) is 11.8 Å². The van der Waals surface area contributed by atoms with E-state index >= 15 is 0 Å². The third-order valence-electron chi connectivity index (χ3n) is 5.69. The van der Waals surface area contributed by atoms with Crippen LogP contribution in [0.2, 0.25) is 0 Å². The Labute approximate surface area is 184 Å². The van der Waals surface area contributed by atoms with Crippen molar-refractivity contribution < 1.29 is 19.2 Å². The van der Waals surface area contributed by atoms with E-state index in [1.807, 2.05) is 18.2 Å². The summed E-state index contributed by atoms with van der Waals surface area (Å²) in [6.07, 6.45) is 3.78. The first-order chi connectivity index (χ1) is 15.6. The maximum Gasteiger partial charge on any atom is 0.285 e. The van der Waals surface area contributed by atoms with E-state index in [-0.39, 0.29) is 6.61 Å². The number of hydrogen-bond acceptors (Lipinski definition) is 5. The summed E-state index contributed by atoms with van der Waals surface area (Å²) in [5, 5.41) is 14.1.